The summed E-state index contributed by atoms with van der Waals surface area (Å²) in [5, 5.41) is 3.14. The van der Waals surface area contributed by atoms with E-state index in [1.54, 1.807) is 13.2 Å². The summed E-state index contributed by atoms with van der Waals surface area (Å²) >= 11 is 0. The van der Waals surface area contributed by atoms with Gasteiger partial charge in [0.2, 0.25) is 0 Å². The molecule has 1 saturated heterocycles. The average Bonchev–Trinajstić information content (AvgIpc) is 2.90. The number of hydrogen-bond donors (Lipinski definition) is 1. The smallest absolute Gasteiger partial charge is 0.385 e. The molecule has 0 saturated carbocycles. The van der Waals surface area contributed by atoms with Gasteiger partial charge >= 0.3 is 6.18 Å². The minimum atomic E-state index is -4.48. The van der Waals surface area contributed by atoms with Crippen LogP contribution in [0.4, 0.5) is 34.6 Å². The zero-order valence-corrected chi connectivity index (χ0v) is 18.0. The van der Waals surface area contributed by atoms with Crippen LogP contribution in [0.1, 0.15) is 24.0 Å². The lowest BCUT2D eigenvalue weighted by atomic mass is 10.0. The lowest BCUT2D eigenvalue weighted by Crippen LogP contribution is -2.53. The Morgan fingerprint density at radius 2 is 1.91 bits per heavy atom. The number of halogens is 4. The molecule has 0 radical (unpaired) electrons. The lowest BCUT2D eigenvalue weighted by Gasteiger charge is -2.41. The Kier molecular flexibility index (Phi) is 6.39. The van der Waals surface area contributed by atoms with Crippen LogP contribution in [-0.2, 0) is 10.9 Å². The normalized spacial score (nSPS) is 19.0. The van der Waals surface area contributed by atoms with E-state index in [1.165, 1.54) is 18.2 Å². The fourth-order valence-electron chi connectivity index (χ4n) is 4.19. The van der Waals surface area contributed by atoms with Gasteiger partial charge in [-0.15, -0.1) is 0 Å². The number of likely N-dealkylation sites (N-methyl/N-ethyl adjacent to an activating group) is 1. The van der Waals surface area contributed by atoms with Crippen LogP contribution in [0.5, 0.6) is 0 Å². The number of fused-ring (bicyclic) bond motifs is 2. The van der Waals surface area contributed by atoms with Crippen LogP contribution in [-0.4, -0.2) is 62.1 Å². The zero-order valence-electron chi connectivity index (χ0n) is 18.0. The van der Waals surface area contributed by atoms with Crippen LogP contribution in [0.2, 0.25) is 0 Å². The molecule has 0 amide bonds. The number of benzene rings is 2. The van der Waals surface area contributed by atoms with Crippen molar-refractivity contribution in [2.45, 2.75) is 25.1 Å². The molecule has 1 N–H and O–H groups in total. The molecule has 2 aliphatic rings. The van der Waals surface area contributed by atoms with Gasteiger partial charge in [0.25, 0.3) is 0 Å². The number of amidine groups is 1. The summed E-state index contributed by atoms with van der Waals surface area (Å²) in [6.45, 7) is 2.61. The highest BCUT2D eigenvalue weighted by atomic mass is 19.4. The van der Waals surface area contributed by atoms with Crippen LogP contribution < -0.4 is 5.32 Å². The van der Waals surface area contributed by atoms with Crippen molar-refractivity contribution in [1.82, 2.24) is 9.80 Å². The zero-order chi connectivity index (χ0) is 22.9. The molecule has 1 atom stereocenters. The van der Waals surface area contributed by atoms with E-state index < -0.39 is 17.6 Å². The van der Waals surface area contributed by atoms with Gasteiger partial charge in [-0.25, -0.2) is 9.38 Å². The quantitative estimate of drug-likeness (QED) is 0.525. The standard InChI is InChI=1S/C23H26F4N4O/c1-30-9-10-31(14-17(30)4-3-11-32-2)22-18-12-15(23(25,26)27)5-7-19(18)28-20-8-6-16(24)13-21(20)29-22/h5-8,12-13,17,28H,3-4,9-11,14H2,1-2H3/t17-/m0/s1. The van der Waals surface area contributed by atoms with Crippen LogP contribution in [0.25, 0.3) is 0 Å². The Balaban J connectivity index is 1.76. The summed E-state index contributed by atoms with van der Waals surface area (Å²) in [7, 11) is 3.71. The van der Waals surface area contributed by atoms with Crippen molar-refractivity contribution < 1.29 is 22.3 Å². The molecule has 32 heavy (non-hydrogen) atoms. The number of aliphatic imine (C=N–C) groups is 1. The maximum absolute atomic E-state index is 14.0. The first kappa shape index (κ1) is 22.5. The van der Waals surface area contributed by atoms with Gasteiger partial charge in [-0.05, 0) is 50.2 Å². The largest absolute Gasteiger partial charge is 0.416 e. The van der Waals surface area contributed by atoms with E-state index >= 15 is 0 Å². The minimum absolute atomic E-state index is 0.207. The van der Waals surface area contributed by atoms with Crippen molar-refractivity contribution in [1.29, 1.82) is 0 Å². The number of nitrogens with one attached hydrogen (secondary N) is 1. The Hall–Kier alpha value is -2.65. The fourth-order valence-corrected chi connectivity index (χ4v) is 4.19. The third-order valence-electron chi connectivity index (χ3n) is 6.01. The predicted molar refractivity (Wildman–Crippen MR) is 116 cm³/mol. The summed E-state index contributed by atoms with van der Waals surface area (Å²) in [5.74, 6) is -0.0285. The molecular weight excluding hydrogens is 424 g/mol. The summed E-state index contributed by atoms with van der Waals surface area (Å²) in [4.78, 5) is 8.94. The van der Waals surface area contributed by atoms with Crippen LogP contribution in [0.15, 0.2) is 41.4 Å². The minimum Gasteiger partial charge on any atom is -0.385 e. The molecule has 1 fully saturated rings. The van der Waals surface area contributed by atoms with E-state index in [4.69, 9.17) is 4.74 Å². The van der Waals surface area contributed by atoms with E-state index in [1.807, 2.05) is 11.9 Å². The number of piperazine rings is 1. The molecule has 5 nitrogen and oxygen atoms in total. The fraction of sp³-hybridized carbons (Fsp3) is 0.435. The number of methoxy groups -OCH3 is 1. The second kappa shape index (κ2) is 9.07. The lowest BCUT2D eigenvalue weighted by molar-refractivity contribution is -0.137. The Bertz CT molecular complexity index is 1010. The number of nitrogens with zero attached hydrogens (tertiary/aromatic N) is 3. The molecule has 2 aromatic rings. The van der Waals surface area contributed by atoms with E-state index in [-0.39, 0.29) is 6.04 Å². The molecule has 0 bridgehead atoms. The molecule has 2 aromatic carbocycles. The van der Waals surface area contributed by atoms with Gasteiger partial charge in [0.05, 0.1) is 16.9 Å². The number of anilines is 2. The second-order valence-corrected chi connectivity index (χ2v) is 8.20. The molecule has 2 aliphatic heterocycles. The molecular formula is C23H26F4N4O. The molecule has 0 spiro atoms. The van der Waals surface area contributed by atoms with Crippen molar-refractivity contribution in [2.75, 3.05) is 45.7 Å². The van der Waals surface area contributed by atoms with Crippen LogP contribution in [0, 0.1) is 5.82 Å². The van der Waals surface area contributed by atoms with E-state index in [0.29, 0.717) is 48.2 Å². The first-order valence-electron chi connectivity index (χ1n) is 10.6. The van der Waals surface area contributed by atoms with Gasteiger partial charge in [-0.2, -0.15) is 13.2 Å². The third-order valence-corrected chi connectivity index (χ3v) is 6.01. The molecule has 172 valence electrons. The molecule has 0 aliphatic carbocycles. The Labute approximate surface area is 184 Å². The highest BCUT2D eigenvalue weighted by Crippen LogP contribution is 2.38. The molecule has 0 unspecified atom stereocenters. The van der Waals surface area contributed by atoms with Gasteiger partial charge in [-0.3, -0.25) is 4.90 Å². The number of alkyl halides is 3. The number of hydrogen-bond acceptors (Lipinski definition) is 5. The van der Waals surface area contributed by atoms with Gasteiger partial charge < -0.3 is 15.0 Å². The van der Waals surface area contributed by atoms with E-state index in [9.17, 15) is 17.6 Å². The highest BCUT2D eigenvalue weighted by Gasteiger charge is 2.34. The summed E-state index contributed by atoms with van der Waals surface area (Å²) in [5.41, 5.74) is 1.04. The SMILES string of the molecule is COCCC[C@H]1CN(C2=Nc3cc(F)ccc3Nc3ccc(C(F)(F)F)cc32)CCN1C. The average molecular weight is 450 g/mol. The first-order chi connectivity index (χ1) is 15.3. The van der Waals surface area contributed by atoms with Gasteiger partial charge in [-0.1, -0.05) is 0 Å². The highest BCUT2D eigenvalue weighted by molar-refractivity contribution is 6.08. The van der Waals surface area contributed by atoms with Gasteiger partial charge in [0.1, 0.15) is 11.7 Å². The van der Waals surface area contributed by atoms with Gasteiger partial charge in [0.15, 0.2) is 0 Å². The van der Waals surface area contributed by atoms with Crippen molar-refractivity contribution >= 4 is 22.9 Å². The van der Waals surface area contributed by atoms with Crippen molar-refractivity contribution in [3.05, 3.63) is 53.3 Å². The molecule has 4 rings (SSSR count). The van der Waals surface area contributed by atoms with E-state index in [0.717, 1.165) is 31.5 Å². The number of rotatable bonds is 4. The predicted octanol–water partition coefficient (Wildman–Crippen LogP) is 5.02. The maximum atomic E-state index is 14.0. The summed E-state index contributed by atoms with van der Waals surface area (Å²) in [6.07, 6.45) is -2.69. The Morgan fingerprint density at radius 1 is 1.12 bits per heavy atom. The number of ether oxygens (including phenoxy) is 1. The van der Waals surface area contributed by atoms with Crippen molar-refractivity contribution in [2.24, 2.45) is 4.99 Å². The summed E-state index contributed by atoms with van der Waals surface area (Å²) in [6, 6.07) is 7.95. The first-order valence-corrected chi connectivity index (χ1v) is 10.6. The van der Waals surface area contributed by atoms with E-state index in [2.05, 4.69) is 15.2 Å². The second-order valence-electron chi connectivity index (χ2n) is 8.20. The van der Waals surface area contributed by atoms with Crippen LogP contribution >= 0.6 is 0 Å². The summed E-state index contributed by atoms with van der Waals surface area (Å²) < 4.78 is 59.6. The van der Waals surface area contributed by atoms with Gasteiger partial charge in [0, 0.05) is 56.7 Å². The van der Waals surface area contributed by atoms with Crippen molar-refractivity contribution in [3.8, 4) is 0 Å². The van der Waals surface area contributed by atoms with Crippen LogP contribution in [0.3, 0.4) is 0 Å². The molecule has 9 heteroatoms. The Morgan fingerprint density at radius 3 is 2.66 bits per heavy atom. The monoisotopic (exact) mass is 450 g/mol. The van der Waals surface area contributed by atoms with Crippen molar-refractivity contribution in [3.63, 3.8) is 0 Å². The third kappa shape index (κ3) is 4.73. The maximum Gasteiger partial charge on any atom is 0.416 e. The molecule has 2 heterocycles. The topological polar surface area (TPSA) is 40.1 Å². The molecule has 0 aromatic heterocycles.